The van der Waals surface area contributed by atoms with E-state index in [1.165, 1.54) is 51.4 Å². The van der Waals surface area contributed by atoms with E-state index in [0.717, 1.165) is 11.8 Å². The summed E-state index contributed by atoms with van der Waals surface area (Å²) in [6, 6.07) is 0. The van der Waals surface area contributed by atoms with Gasteiger partial charge in [0.05, 0.1) is 0 Å². The first-order valence-corrected chi connectivity index (χ1v) is 5.63. The average molecular weight is 162 g/mol. The zero-order chi connectivity index (χ0) is 7.97. The molecule has 0 aromatic rings. The summed E-state index contributed by atoms with van der Waals surface area (Å²) < 4.78 is 0. The largest absolute Gasteiger partial charge is 0.0710 e. The first kappa shape index (κ1) is 7.17. The van der Waals surface area contributed by atoms with Crippen molar-refractivity contribution in [2.75, 3.05) is 0 Å². The molecule has 4 bridgehead atoms. The van der Waals surface area contributed by atoms with Gasteiger partial charge in [0.15, 0.2) is 0 Å². The maximum atomic E-state index is 1.88. The van der Waals surface area contributed by atoms with Gasteiger partial charge in [0.2, 0.25) is 0 Å². The Balaban J connectivity index is 2.02. The van der Waals surface area contributed by atoms with Crippen LogP contribution in [0.1, 0.15) is 51.4 Å². The van der Waals surface area contributed by atoms with E-state index in [0.29, 0.717) is 0 Å². The number of hydrogen-bond acceptors (Lipinski definition) is 0. The Hall–Kier alpha value is -0.260. The molecule has 2 saturated carbocycles. The van der Waals surface area contributed by atoms with Crippen molar-refractivity contribution in [3.63, 3.8) is 0 Å². The Bertz CT molecular complexity index is 180. The molecule has 0 nitrogen and oxygen atoms in total. The molecule has 0 radical (unpaired) electrons. The van der Waals surface area contributed by atoms with E-state index in [9.17, 15) is 0 Å². The molecule has 6 rings (SSSR count). The molecule has 0 spiro atoms. The second-order valence-electron chi connectivity index (χ2n) is 4.88. The highest BCUT2D eigenvalue weighted by molar-refractivity contribution is 5.20. The minimum absolute atomic E-state index is 1.12. The highest BCUT2D eigenvalue weighted by atomic mass is 14.4. The third kappa shape index (κ3) is 0.967. The van der Waals surface area contributed by atoms with Gasteiger partial charge in [-0.1, -0.05) is 11.1 Å². The summed E-state index contributed by atoms with van der Waals surface area (Å²) in [4.78, 5) is 0. The van der Waals surface area contributed by atoms with Gasteiger partial charge in [-0.25, -0.2) is 0 Å². The highest BCUT2D eigenvalue weighted by Gasteiger charge is 2.32. The predicted molar refractivity (Wildman–Crippen MR) is 50.9 cm³/mol. The topological polar surface area (TPSA) is 0 Å². The highest BCUT2D eigenvalue weighted by Crippen LogP contribution is 2.47. The van der Waals surface area contributed by atoms with Crippen molar-refractivity contribution in [2.45, 2.75) is 51.4 Å². The van der Waals surface area contributed by atoms with Crippen LogP contribution in [0.15, 0.2) is 11.1 Å². The maximum Gasteiger partial charge on any atom is -0.0315 e. The van der Waals surface area contributed by atoms with Crippen LogP contribution < -0.4 is 0 Å². The second kappa shape index (κ2) is 2.61. The van der Waals surface area contributed by atoms with Crippen molar-refractivity contribution in [3.05, 3.63) is 11.1 Å². The quantitative estimate of drug-likeness (QED) is 0.477. The molecule has 0 aromatic carbocycles. The van der Waals surface area contributed by atoms with Crippen LogP contribution in [-0.2, 0) is 0 Å². The molecule has 0 unspecified atom stereocenters. The molecule has 0 heteroatoms. The summed E-state index contributed by atoms with van der Waals surface area (Å²) in [7, 11) is 0. The minimum atomic E-state index is 1.12. The molecule has 0 atom stereocenters. The summed E-state index contributed by atoms with van der Waals surface area (Å²) in [5, 5.41) is 0. The SMILES string of the molecule is C1CC2CCC1=C1CCC2CC1. The lowest BCUT2D eigenvalue weighted by Gasteiger charge is -2.40. The van der Waals surface area contributed by atoms with Gasteiger partial charge in [0, 0.05) is 0 Å². The van der Waals surface area contributed by atoms with Gasteiger partial charge in [-0.2, -0.15) is 0 Å². The van der Waals surface area contributed by atoms with Gasteiger partial charge < -0.3 is 0 Å². The fourth-order valence-electron chi connectivity index (χ4n) is 3.63. The molecule has 0 aliphatic heterocycles. The molecular weight excluding hydrogens is 144 g/mol. The Morgan fingerprint density at radius 3 is 1.25 bits per heavy atom. The molecule has 0 amide bonds. The van der Waals surface area contributed by atoms with Crippen molar-refractivity contribution in [2.24, 2.45) is 11.8 Å². The summed E-state index contributed by atoms with van der Waals surface area (Å²) in [6.07, 6.45) is 12.0. The molecule has 6 aliphatic rings. The van der Waals surface area contributed by atoms with E-state index >= 15 is 0 Å². The van der Waals surface area contributed by atoms with Crippen molar-refractivity contribution in [1.29, 1.82) is 0 Å². The molecule has 6 aliphatic carbocycles. The molecule has 0 aromatic heterocycles. The van der Waals surface area contributed by atoms with Crippen molar-refractivity contribution < 1.29 is 0 Å². The van der Waals surface area contributed by atoms with E-state index in [1.807, 2.05) is 11.1 Å². The van der Waals surface area contributed by atoms with E-state index < -0.39 is 0 Å². The van der Waals surface area contributed by atoms with E-state index in [4.69, 9.17) is 0 Å². The monoisotopic (exact) mass is 162 g/mol. The van der Waals surface area contributed by atoms with Gasteiger partial charge in [-0.15, -0.1) is 0 Å². The van der Waals surface area contributed by atoms with Crippen molar-refractivity contribution in [3.8, 4) is 0 Å². The Morgan fingerprint density at radius 1 is 0.583 bits per heavy atom. The minimum Gasteiger partial charge on any atom is -0.0710 e. The molecule has 0 saturated heterocycles. The van der Waals surface area contributed by atoms with Crippen LogP contribution >= 0.6 is 0 Å². The molecule has 0 N–H and O–H groups in total. The Morgan fingerprint density at radius 2 is 0.917 bits per heavy atom. The van der Waals surface area contributed by atoms with Crippen LogP contribution in [0.5, 0.6) is 0 Å². The molecule has 0 heterocycles. The fourth-order valence-corrected chi connectivity index (χ4v) is 3.63. The standard InChI is InChI=1S/C12H18/c1-2-10-4-3-9(1)11-5-7-12(10)8-6-11/h9,11H,1-8H2. The first-order valence-electron chi connectivity index (χ1n) is 5.63. The van der Waals surface area contributed by atoms with Gasteiger partial charge in [0.1, 0.15) is 0 Å². The van der Waals surface area contributed by atoms with Gasteiger partial charge in [0.25, 0.3) is 0 Å². The van der Waals surface area contributed by atoms with Crippen LogP contribution in [0.2, 0.25) is 0 Å². The third-order valence-electron chi connectivity index (χ3n) is 4.43. The van der Waals surface area contributed by atoms with Gasteiger partial charge >= 0.3 is 0 Å². The van der Waals surface area contributed by atoms with Crippen LogP contribution in [0.25, 0.3) is 0 Å². The summed E-state index contributed by atoms with van der Waals surface area (Å²) in [5.74, 6) is 2.24. The third-order valence-corrected chi connectivity index (χ3v) is 4.43. The van der Waals surface area contributed by atoms with Crippen molar-refractivity contribution >= 4 is 0 Å². The van der Waals surface area contributed by atoms with Crippen molar-refractivity contribution in [1.82, 2.24) is 0 Å². The van der Waals surface area contributed by atoms with Gasteiger partial charge in [-0.05, 0) is 63.2 Å². The van der Waals surface area contributed by atoms with E-state index in [2.05, 4.69) is 0 Å². The van der Waals surface area contributed by atoms with Crippen LogP contribution in [0, 0.1) is 11.8 Å². The lowest BCUT2D eigenvalue weighted by Crippen LogP contribution is -2.26. The van der Waals surface area contributed by atoms with Gasteiger partial charge in [-0.3, -0.25) is 0 Å². The zero-order valence-corrected chi connectivity index (χ0v) is 7.81. The second-order valence-corrected chi connectivity index (χ2v) is 4.88. The van der Waals surface area contributed by atoms with E-state index in [-0.39, 0.29) is 0 Å². The summed E-state index contributed by atoms with van der Waals surface area (Å²) in [6.45, 7) is 0. The average Bonchev–Trinajstić information content (AvgIpc) is 2.13. The Kier molecular flexibility index (Phi) is 1.56. The molecular formula is C12H18. The number of hydrogen-bond donors (Lipinski definition) is 0. The fraction of sp³-hybridized carbons (Fsp3) is 0.833. The Labute approximate surface area is 75.0 Å². The van der Waals surface area contributed by atoms with Crippen LogP contribution in [-0.4, -0.2) is 0 Å². The van der Waals surface area contributed by atoms with Crippen LogP contribution in [0.4, 0.5) is 0 Å². The lowest BCUT2D eigenvalue weighted by atomic mass is 9.66. The smallest absolute Gasteiger partial charge is 0.0315 e. The maximum absolute atomic E-state index is 1.88. The lowest BCUT2D eigenvalue weighted by molar-refractivity contribution is 0.212. The van der Waals surface area contributed by atoms with E-state index in [1.54, 1.807) is 0 Å². The molecule has 12 heavy (non-hydrogen) atoms. The molecule has 66 valence electrons. The summed E-state index contributed by atoms with van der Waals surface area (Å²) in [5.41, 5.74) is 3.76. The van der Waals surface area contributed by atoms with Crippen LogP contribution in [0.3, 0.4) is 0 Å². The normalized spacial score (nSPS) is 40.0. The predicted octanol–water partition coefficient (Wildman–Crippen LogP) is 3.68. The first-order chi connectivity index (χ1) is 5.93. The molecule has 2 fully saturated rings. The number of allylic oxidation sites excluding steroid dienone is 2. The zero-order valence-electron chi connectivity index (χ0n) is 7.81. The number of rotatable bonds is 0. The summed E-state index contributed by atoms with van der Waals surface area (Å²) >= 11 is 0.